The summed E-state index contributed by atoms with van der Waals surface area (Å²) in [6.07, 6.45) is 2.96. The molecule has 3 rings (SSSR count). The zero-order valence-corrected chi connectivity index (χ0v) is 10.1. The van der Waals surface area contributed by atoms with E-state index in [1.165, 1.54) is 11.1 Å². The molecule has 0 aliphatic carbocycles. The summed E-state index contributed by atoms with van der Waals surface area (Å²) < 4.78 is 5.51. The highest BCUT2D eigenvalue weighted by molar-refractivity contribution is 5.39. The number of hydrogen-bond acceptors (Lipinski definition) is 3. The Morgan fingerprint density at radius 3 is 3.24 bits per heavy atom. The Kier molecular flexibility index (Phi) is 3.04. The molecule has 0 spiro atoms. The summed E-state index contributed by atoms with van der Waals surface area (Å²) in [5, 5.41) is 9.65. The van der Waals surface area contributed by atoms with Gasteiger partial charge in [-0.05, 0) is 36.6 Å². The Morgan fingerprint density at radius 2 is 2.35 bits per heavy atom. The van der Waals surface area contributed by atoms with Crippen molar-refractivity contribution in [3.63, 3.8) is 0 Å². The van der Waals surface area contributed by atoms with E-state index < -0.39 is 0 Å². The summed E-state index contributed by atoms with van der Waals surface area (Å²) in [6, 6.07) is 6.48. The first-order valence-corrected chi connectivity index (χ1v) is 6.46. The molecule has 3 nitrogen and oxygen atoms in total. The fourth-order valence-corrected chi connectivity index (χ4v) is 2.77. The van der Waals surface area contributed by atoms with Crippen LogP contribution in [0.2, 0.25) is 0 Å². The number of piperidine rings is 1. The van der Waals surface area contributed by atoms with Gasteiger partial charge in [0, 0.05) is 19.5 Å². The van der Waals surface area contributed by atoms with Crippen molar-refractivity contribution in [2.75, 3.05) is 19.7 Å². The number of rotatable bonds is 2. The number of aliphatic hydroxyl groups excluding tert-OH is 1. The third-order valence-corrected chi connectivity index (χ3v) is 3.64. The molecule has 1 unspecified atom stereocenters. The van der Waals surface area contributed by atoms with Gasteiger partial charge in [-0.1, -0.05) is 12.1 Å². The fraction of sp³-hybridized carbons (Fsp3) is 0.571. The molecule has 2 heterocycles. The highest BCUT2D eigenvalue weighted by Gasteiger charge is 2.18. The van der Waals surface area contributed by atoms with Gasteiger partial charge in [0.25, 0.3) is 0 Å². The van der Waals surface area contributed by atoms with E-state index in [-0.39, 0.29) is 6.10 Å². The molecule has 1 aromatic rings. The maximum absolute atomic E-state index is 9.65. The van der Waals surface area contributed by atoms with Crippen molar-refractivity contribution >= 4 is 0 Å². The average molecular weight is 233 g/mol. The number of nitrogens with zero attached hydrogens (tertiary/aromatic N) is 1. The first-order chi connectivity index (χ1) is 8.31. The summed E-state index contributed by atoms with van der Waals surface area (Å²) in [7, 11) is 0. The van der Waals surface area contributed by atoms with Crippen LogP contribution in [0.15, 0.2) is 18.2 Å². The normalized spacial score (nSPS) is 24.4. The predicted molar refractivity (Wildman–Crippen MR) is 66.2 cm³/mol. The Labute approximate surface area is 102 Å². The van der Waals surface area contributed by atoms with Gasteiger partial charge in [-0.25, -0.2) is 0 Å². The molecule has 1 N–H and O–H groups in total. The SMILES string of the molecule is OC1CCCN(Cc2ccc3c(c2)CCO3)C1. The molecule has 1 saturated heterocycles. The van der Waals surface area contributed by atoms with E-state index in [0.29, 0.717) is 0 Å². The van der Waals surface area contributed by atoms with Crippen LogP contribution in [-0.2, 0) is 13.0 Å². The lowest BCUT2D eigenvalue weighted by Crippen LogP contribution is -2.37. The molecule has 0 aromatic heterocycles. The molecule has 0 bridgehead atoms. The molecule has 92 valence electrons. The molecule has 0 amide bonds. The molecule has 1 aromatic carbocycles. The van der Waals surface area contributed by atoms with Crippen molar-refractivity contribution in [1.82, 2.24) is 4.90 Å². The van der Waals surface area contributed by atoms with Crippen LogP contribution >= 0.6 is 0 Å². The first-order valence-electron chi connectivity index (χ1n) is 6.46. The topological polar surface area (TPSA) is 32.7 Å². The lowest BCUT2D eigenvalue weighted by molar-refractivity contribution is 0.0668. The van der Waals surface area contributed by atoms with Crippen LogP contribution in [0, 0.1) is 0 Å². The lowest BCUT2D eigenvalue weighted by atomic mass is 10.1. The number of hydrogen-bond donors (Lipinski definition) is 1. The van der Waals surface area contributed by atoms with E-state index in [1.807, 2.05) is 0 Å². The van der Waals surface area contributed by atoms with Crippen LogP contribution in [0.5, 0.6) is 5.75 Å². The number of fused-ring (bicyclic) bond motifs is 1. The van der Waals surface area contributed by atoms with Crippen LogP contribution in [0.4, 0.5) is 0 Å². The van der Waals surface area contributed by atoms with Gasteiger partial charge >= 0.3 is 0 Å². The molecule has 1 atom stereocenters. The Morgan fingerprint density at radius 1 is 1.41 bits per heavy atom. The minimum Gasteiger partial charge on any atom is -0.493 e. The summed E-state index contributed by atoms with van der Waals surface area (Å²) in [5.41, 5.74) is 2.67. The summed E-state index contributed by atoms with van der Waals surface area (Å²) >= 11 is 0. The Bertz CT molecular complexity index is 405. The van der Waals surface area contributed by atoms with E-state index in [0.717, 1.165) is 51.3 Å². The molecular weight excluding hydrogens is 214 g/mol. The maximum Gasteiger partial charge on any atom is 0.122 e. The van der Waals surface area contributed by atoms with E-state index in [9.17, 15) is 5.11 Å². The summed E-state index contributed by atoms with van der Waals surface area (Å²) in [4.78, 5) is 2.34. The molecular formula is C14H19NO2. The first kappa shape index (κ1) is 11.1. The monoisotopic (exact) mass is 233 g/mol. The van der Waals surface area contributed by atoms with Crippen molar-refractivity contribution in [2.45, 2.75) is 31.9 Å². The molecule has 17 heavy (non-hydrogen) atoms. The van der Waals surface area contributed by atoms with E-state index in [1.54, 1.807) is 0 Å². The van der Waals surface area contributed by atoms with E-state index >= 15 is 0 Å². The largest absolute Gasteiger partial charge is 0.493 e. The van der Waals surface area contributed by atoms with Crippen molar-refractivity contribution in [1.29, 1.82) is 0 Å². The number of likely N-dealkylation sites (tertiary alicyclic amines) is 1. The molecule has 2 aliphatic heterocycles. The van der Waals surface area contributed by atoms with E-state index in [2.05, 4.69) is 23.1 Å². The van der Waals surface area contributed by atoms with Gasteiger partial charge < -0.3 is 9.84 Å². The number of aliphatic hydroxyl groups is 1. The highest BCUT2D eigenvalue weighted by Crippen LogP contribution is 2.26. The average Bonchev–Trinajstić information content (AvgIpc) is 2.76. The highest BCUT2D eigenvalue weighted by atomic mass is 16.5. The Hall–Kier alpha value is -1.06. The van der Waals surface area contributed by atoms with Crippen molar-refractivity contribution in [2.24, 2.45) is 0 Å². The molecule has 0 radical (unpaired) electrons. The number of ether oxygens (including phenoxy) is 1. The number of benzene rings is 1. The van der Waals surface area contributed by atoms with Gasteiger partial charge in [-0.3, -0.25) is 4.90 Å². The standard InChI is InChI=1S/C14H19NO2/c16-13-2-1-6-15(10-13)9-11-3-4-14-12(8-11)5-7-17-14/h3-4,8,13,16H,1-2,5-7,9-10H2. The second-order valence-corrected chi connectivity index (χ2v) is 5.07. The molecule has 3 heteroatoms. The third kappa shape index (κ3) is 2.45. The smallest absolute Gasteiger partial charge is 0.122 e. The zero-order valence-electron chi connectivity index (χ0n) is 10.1. The molecule has 1 fully saturated rings. The minimum absolute atomic E-state index is 0.137. The number of β-amino-alcohol motifs (C(OH)–C–C–N with tert-alkyl or cyclic N) is 1. The van der Waals surface area contributed by atoms with Crippen LogP contribution in [-0.4, -0.2) is 35.8 Å². The van der Waals surface area contributed by atoms with Crippen molar-refractivity contribution in [3.8, 4) is 5.75 Å². The van der Waals surface area contributed by atoms with Gasteiger partial charge in [0.05, 0.1) is 12.7 Å². The predicted octanol–water partition coefficient (Wildman–Crippen LogP) is 1.58. The van der Waals surface area contributed by atoms with Gasteiger partial charge in [0.15, 0.2) is 0 Å². The Balaban J connectivity index is 1.68. The van der Waals surface area contributed by atoms with Crippen LogP contribution < -0.4 is 4.74 Å². The van der Waals surface area contributed by atoms with Crippen molar-refractivity contribution < 1.29 is 9.84 Å². The van der Waals surface area contributed by atoms with Crippen LogP contribution in [0.25, 0.3) is 0 Å². The molecule has 2 aliphatic rings. The summed E-state index contributed by atoms with van der Waals surface area (Å²) in [5.74, 6) is 1.05. The lowest BCUT2D eigenvalue weighted by Gasteiger charge is -2.30. The second-order valence-electron chi connectivity index (χ2n) is 5.07. The minimum atomic E-state index is -0.137. The quantitative estimate of drug-likeness (QED) is 0.841. The van der Waals surface area contributed by atoms with Crippen LogP contribution in [0.1, 0.15) is 24.0 Å². The second kappa shape index (κ2) is 4.67. The fourth-order valence-electron chi connectivity index (χ4n) is 2.77. The summed E-state index contributed by atoms with van der Waals surface area (Å²) in [6.45, 7) is 3.68. The van der Waals surface area contributed by atoms with Gasteiger partial charge in [0.2, 0.25) is 0 Å². The van der Waals surface area contributed by atoms with Gasteiger partial charge in [-0.15, -0.1) is 0 Å². The van der Waals surface area contributed by atoms with E-state index in [4.69, 9.17) is 4.74 Å². The zero-order chi connectivity index (χ0) is 11.7. The van der Waals surface area contributed by atoms with Crippen LogP contribution in [0.3, 0.4) is 0 Å². The third-order valence-electron chi connectivity index (χ3n) is 3.64. The van der Waals surface area contributed by atoms with Gasteiger partial charge in [0.1, 0.15) is 5.75 Å². The van der Waals surface area contributed by atoms with Crippen molar-refractivity contribution in [3.05, 3.63) is 29.3 Å². The van der Waals surface area contributed by atoms with Gasteiger partial charge in [-0.2, -0.15) is 0 Å². The molecule has 0 saturated carbocycles. The maximum atomic E-state index is 9.65.